The monoisotopic (exact) mass is 448 g/mol. The lowest BCUT2D eigenvalue weighted by molar-refractivity contribution is 0.0474. The molecule has 1 aromatic heterocycles. The number of nitrogens with zero attached hydrogens (tertiary/aromatic N) is 3. The van der Waals surface area contributed by atoms with E-state index >= 15 is 0 Å². The number of carbonyl (C=O) groups excluding carboxylic acids is 2. The van der Waals surface area contributed by atoms with Crippen molar-refractivity contribution >= 4 is 11.8 Å². The van der Waals surface area contributed by atoms with E-state index in [2.05, 4.69) is 5.32 Å². The third-order valence-corrected chi connectivity index (χ3v) is 6.09. The SMILES string of the molecule is COc1c2n3c(c(C(=O)NCc4ccc(F)cc4F)c1=O)C(O)CN3C(C)(C)N(C)C2=O. The predicted octanol–water partition coefficient (Wildman–Crippen LogP) is 0.872. The van der Waals surface area contributed by atoms with Gasteiger partial charge in [0.05, 0.1) is 19.3 Å². The molecule has 32 heavy (non-hydrogen) atoms. The average molecular weight is 448 g/mol. The molecule has 0 saturated carbocycles. The smallest absolute Gasteiger partial charge is 0.278 e. The van der Waals surface area contributed by atoms with Gasteiger partial charge in [-0.15, -0.1) is 0 Å². The summed E-state index contributed by atoms with van der Waals surface area (Å²) >= 11 is 0. The standard InChI is InChI=1S/C21H22F2N4O5/c1-21(2)25(3)20(31)16-18(32-4)17(29)14(15-13(28)9-26(21)27(15)16)19(30)24-8-10-5-6-11(22)7-12(10)23/h5-7,13,28H,8-9H2,1-4H3,(H,24,30). The highest BCUT2D eigenvalue weighted by atomic mass is 19.1. The van der Waals surface area contributed by atoms with Gasteiger partial charge in [-0.3, -0.25) is 19.4 Å². The minimum Gasteiger partial charge on any atom is -0.491 e. The second-order valence-electron chi connectivity index (χ2n) is 8.16. The van der Waals surface area contributed by atoms with Gasteiger partial charge in [0.1, 0.15) is 29.0 Å². The van der Waals surface area contributed by atoms with Gasteiger partial charge in [0.15, 0.2) is 11.4 Å². The summed E-state index contributed by atoms with van der Waals surface area (Å²) in [5, 5.41) is 14.9. The zero-order chi connectivity index (χ0) is 23.5. The Balaban J connectivity index is 1.84. The van der Waals surface area contributed by atoms with E-state index in [9.17, 15) is 28.3 Å². The van der Waals surface area contributed by atoms with E-state index < -0.39 is 46.2 Å². The molecule has 1 aromatic carbocycles. The van der Waals surface area contributed by atoms with Crippen LogP contribution in [0, 0.1) is 11.6 Å². The van der Waals surface area contributed by atoms with E-state index in [1.165, 1.54) is 22.8 Å². The van der Waals surface area contributed by atoms with Crippen LogP contribution in [0.25, 0.3) is 0 Å². The minimum absolute atomic E-state index is 0.0151. The Bertz CT molecular complexity index is 1210. The normalized spacial score (nSPS) is 18.6. The van der Waals surface area contributed by atoms with Crippen LogP contribution in [0.2, 0.25) is 0 Å². The average Bonchev–Trinajstić information content (AvgIpc) is 3.07. The van der Waals surface area contributed by atoms with E-state index in [1.807, 2.05) is 0 Å². The number of aromatic nitrogens is 1. The summed E-state index contributed by atoms with van der Waals surface area (Å²) in [6.45, 7) is 3.23. The highest BCUT2D eigenvalue weighted by molar-refractivity contribution is 6.01. The van der Waals surface area contributed by atoms with E-state index in [-0.39, 0.29) is 35.8 Å². The lowest BCUT2D eigenvalue weighted by Crippen LogP contribution is -2.65. The van der Waals surface area contributed by atoms with Crippen LogP contribution < -0.4 is 20.5 Å². The van der Waals surface area contributed by atoms with Crippen LogP contribution in [-0.4, -0.2) is 52.9 Å². The van der Waals surface area contributed by atoms with E-state index in [0.29, 0.717) is 6.07 Å². The summed E-state index contributed by atoms with van der Waals surface area (Å²) in [5.41, 5.74) is -2.27. The molecule has 2 amide bonds. The van der Waals surface area contributed by atoms with Crippen molar-refractivity contribution in [2.45, 2.75) is 32.2 Å². The van der Waals surface area contributed by atoms with Gasteiger partial charge in [-0.2, -0.15) is 0 Å². The first-order chi connectivity index (χ1) is 15.0. The molecule has 9 nitrogen and oxygen atoms in total. The number of nitrogens with one attached hydrogen (secondary N) is 1. The van der Waals surface area contributed by atoms with Crippen LogP contribution in [-0.2, 0) is 6.54 Å². The minimum atomic E-state index is -1.24. The third kappa shape index (κ3) is 2.95. The number of halogens is 2. The van der Waals surface area contributed by atoms with Crippen LogP contribution >= 0.6 is 0 Å². The molecule has 2 aliphatic rings. The van der Waals surface area contributed by atoms with Crippen molar-refractivity contribution in [1.82, 2.24) is 14.9 Å². The van der Waals surface area contributed by atoms with Gasteiger partial charge in [0, 0.05) is 25.2 Å². The molecule has 0 saturated heterocycles. The molecule has 0 bridgehead atoms. The Morgan fingerprint density at radius 1 is 1.31 bits per heavy atom. The van der Waals surface area contributed by atoms with Crippen LogP contribution in [0.5, 0.6) is 5.75 Å². The molecule has 0 radical (unpaired) electrons. The molecule has 1 unspecified atom stereocenters. The number of rotatable bonds is 4. The maximum atomic E-state index is 13.9. The van der Waals surface area contributed by atoms with Crippen molar-refractivity contribution in [3.8, 4) is 5.75 Å². The molecule has 2 N–H and O–H groups in total. The molecular weight excluding hydrogens is 426 g/mol. The van der Waals surface area contributed by atoms with Gasteiger partial charge >= 0.3 is 0 Å². The number of hydrogen-bond donors (Lipinski definition) is 2. The van der Waals surface area contributed by atoms with E-state index in [1.54, 1.807) is 25.9 Å². The molecule has 0 aliphatic carbocycles. The lowest BCUT2D eigenvalue weighted by Gasteiger charge is -2.49. The number of aliphatic hydroxyl groups excluding tert-OH is 1. The number of benzene rings is 1. The Kier molecular flexibility index (Phi) is 4.96. The second-order valence-corrected chi connectivity index (χ2v) is 8.16. The van der Waals surface area contributed by atoms with Gasteiger partial charge in [0.2, 0.25) is 5.43 Å². The molecule has 170 valence electrons. The molecule has 2 aromatic rings. The number of carbonyl (C=O) groups is 2. The largest absolute Gasteiger partial charge is 0.491 e. The number of amides is 2. The van der Waals surface area contributed by atoms with Gasteiger partial charge in [-0.05, 0) is 19.9 Å². The molecule has 0 fully saturated rings. The van der Waals surface area contributed by atoms with E-state index in [0.717, 1.165) is 6.07 Å². The number of ether oxygens (including phenoxy) is 1. The van der Waals surface area contributed by atoms with Crippen molar-refractivity contribution in [3.05, 3.63) is 62.6 Å². The van der Waals surface area contributed by atoms with Crippen LogP contribution in [0.15, 0.2) is 23.0 Å². The fourth-order valence-electron chi connectivity index (χ4n) is 4.12. The number of pyridine rings is 1. The Morgan fingerprint density at radius 2 is 2.00 bits per heavy atom. The highest BCUT2D eigenvalue weighted by Crippen LogP contribution is 2.38. The first kappa shape index (κ1) is 21.8. The van der Waals surface area contributed by atoms with Crippen LogP contribution in [0.4, 0.5) is 8.78 Å². The molecular formula is C21H22F2N4O5. The Labute approximate surface area is 181 Å². The first-order valence-electron chi connectivity index (χ1n) is 9.83. The highest BCUT2D eigenvalue weighted by Gasteiger charge is 2.50. The van der Waals surface area contributed by atoms with Gasteiger partial charge < -0.3 is 20.1 Å². The van der Waals surface area contributed by atoms with Crippen molar-refractivity contribution in [3.63, 3.8) is 0 Å². The Morgan fingerprint density at radius 3 is 2.62 bits per heavy atom. The molecule has 1 atom stereocenters. The molecule has 2 aliphatic heterocycles. The van der Waals surface area contributed by atoms with Crippen LogP contribution in [0.1, 0.15) is 52.1 Å². The maximum Gasteiger partial charge on any atom is 0.278 e. The second kappa shape index (κ2) is 7.30. The quantitative estimate of drug-likeness (QED) is 0.720. The van der Waals surface area contributed by atoms with Crippen molar-refractivity contribution < 1.29 is 28.2 Å². The van der Waals surface area contributed by atoms with Crippen molar-refractivity contribution in [2.75, 3.05) is 25.7 Å². The van der Waals surface area contributed by atoms with E-state index in [4.69, 9.17) is 4.74 Å². The number of methoxy groups -OCH3 is 1. The summed E-state index contributed by atoms with van der Waals surface area (Å²) in [7, 11) is 2.77. The van der Waals surface area contributed by atoms with Gasteiger partial charge in [-0.1, -0.05) is 6.07 Å². The maximum absolute atomic E-state index is 13.9. The summed E-state index contributed by atoms with van der Waals surface area (Å²) in [6.07, 6.45) is -1.24. The molecule has 3 heterocycles. The molecule has 11 heteroatoms. The van der Waals surface area contributed by atoms with Crippen LogP contribution in [0.3, 0.4) is 0 Å². The predicted molar refractivity (Wildman–Crippen MR) is 109 cm³/mol. The fourth-order valence-corrected chi connectivity index (χ4v) is 4.12. The fraction of sp³-hybridized carbons (Fsp3) is 0.381. The number of hydrogen-bond acceptors (Lipinski definition) is 6. The Hall–Kier alpha value is -3.47. The zero-order valence-electron chi connectivity index (χ0n) is 17.9. The molecule has 4 rings (SSSR count). The summed E-state index contributed by atoms with van der Waals surface area (Å²) in [6, 6.07) is 2.91. The lowest BCUT2D eigenvalue weighted by atomic mass is 10.1. The summed E-state index contributed by atoms with van der Waals surface area (Å²) < 4.78 is 33.6. The molecule has 0 spiro atoms. The zero-order valence-corrected chi connectivity index (χ0v) is 17.9. The van der Waals surface area contributed by atoms with Crippen molar-refractivity contribution in [2.24, 2.45) is 0 Å². The van der Waals surface area contributed by atoms with Gasteiger partial charge in [0.25, 0.3) is 11.8 Å². The summed E-state index contributed by atoms with van der Waals surface area (Å²) in [4.78, 5) is 40.7. The first-order valence-corrected chi connectivity index (χ1v) is 9.83. The summed E-state index contributed by atoms with van der Waals surface area (Å²) in [5.74, 6) is -3.33. The third-order valence-electron chi connectivity index (χ3n) is 6.09. The van der Waals surface area contributed by atoms with Crippen molar-refractivity contribution in [1.29, 1.82) is 0 Å². The van der Waals surface area contributed by atoms with Gasteiger partial charge in [-0.25, -0.2) is 13.5 Å². The topological polar surface area (TPSA) is 104 Å². The number of aliphatic hydroxyl groups is 1.